The molecule has 1 saturated heterocycles. The van der Waals surface area contributed by atoms with Crippen LogP contribution in [0.3, 0.4) is 0 Å². The zero-order valence-electron chi connectivity index (χ0n) is 20.5. The van der Waals surface area contributed by atoms with Crippen LogP contribution in [0.25, 0.3) is 5.69 Å². The normalized spacial score (nSPS) is 18.7. The van der Waals surface area contributed by atoms with Crippen LogP contribution >= 0.6 is 11.6 Å². The molecule has 1 aliphatic carbocycles. The van der Waals surface area contributed by atoms with E-state index in [2.05, 4.69) is 4.90 Å². The minimum atomic E-state index is -0.112. The molecule has 0 unspecified atom stereocenters. The average Bonchev–Trinajstić information content (AvgIpc) is 3.58. The van der Waals surface area contributed by atoms with Gasteiger partial charge in [0, 0.05) is 32.0 Å². The van der Waals surface area contributed by atoms with Gasteiger partial charge in [0.05, 0.1) is 17.3 Å². The summed E-state index contributed by atoms with van der Waals surface area (Å²) in [6.07, 6.45) is 16.9. The van der Waals surface area contributed by atoms with Gasteiger partial charge in [-0.1, -0.05) is 29.8 Å². The number of hydrogen-bond donors (Lipinski definition) is 0. The second-order valence-corrected chi connectivity index (χ2v) is 9.89. The topological polar surface area (TPSA) is 39.4 Å². The highest BCUT2D eigenvalue weighted by molar-refractivity contribution is 6.32. The largest absolute Gasteiger partial charge is 0.491 e. The zero-order valence-corrected chi connectivity index (χ0v) is 21.3. The molecule has 0 atom stereocenters. The molecule has 0 radical (unpaired) electrons. The van der Waals surface area contributed by atoms with Gasteiger partial charge in [-0.05, 0) is 87.8 Å². The molecular weight excluding hydrogens is 446 g/mol. The van der Waals surface area contributed by atoms with Crippen molar-refractivity contribution in [2.45, 2.75) is 59.1 Å². The first-order valence-electron chi connectivity index (χ1n) is 12.4. The van der Waals surface area contributed by atoms with Gasteiger partial charge in [-0.3, -0.25) is 9.13 Å². The number of aromatic nitrogens is 2. The summed E-state index contributed by atoms with van der Waals surface area (Å²) in [5.41, 5.74) is 2.69. The van der Waals surface area contributed by atoms with Gasteiger partial charge in [-0.15, -0.1) is 0 Å². The van der Waals surface area contributed by atoms with E-state index in [4.69, 9.17) is 16.3 Å². The minimum absolute atomic E-state index is 0.112. The maximum absolute atomic E-state index is 13.0. The third-order valence-electron chi connectivity index (χ3n) is 6.73. The predicted octanol–water partition coefficient (Wildman–Crippen LogP) is 5.90. The fourth-order valence-corrected chi connectivity index (χ4v) is 4.75. The number of halogens is 1. The van der Waals surface area contributed by atoms with Crippen LogP contribution in [-0.2, 0) is 11.3 Å². The maximum Gasteiger partial charge on any atom is 0.333 e. The summed E-state index contributed by atoms with van der Waals surface area (Å²) in [5.74, 6) is 1.83. The molecular formula is C28H36ClN3O2. The summed E-state index contributed by atoms with van der Waals surface area (Å²) in [5, 5.41) is 0.569. The molecule has 2 aliphatic rings. The van der Waals surface area contributed by atoms with Gasteiger partial charge in [0.25, 0.3) is 0 Å². The first kappa shape index (κ1) is 24.6. The molecule has 2 aromatic rings. The molecule has 5 nitrogen and oxygen atoms in total. The van der Waals surface area contributed by atoms with E-state index in [0.29, 0.717) is 17.3 Å². The lowest BCUT2D eigenvalue weighted by atomic mass is 10.1. The quantitative estimate of drug-likeness (QED) is 0.330. The molecule has 1 aromatic heterocycles. The Morgan fingerprint density at radius 2 is 1.85 bits per heavy atom. The third kappa shape index (κ3) is 6.34. The van der Waals surface area contributed by atoms with Crippen molar-refractivity contribution < 1.29 is 4.74 Å². The molecule has 2 fully saturated rings. The van der Waals surface area contributed by atoms with Crippen LogP contribution in [0.5, 0.6) is 0 Å². The van der Waals surface area contributed by atoms with Crippen molar-refractivity contribution >= 4 is 11.6 Å². The van der Waals surface area contributed by atoms with E-state index >= 15 is 0 Å². The molecule has 34 heavy (non-hydrogen) atoms. The van der Waals surface area contributed by atoms with Gasteiger partial charge in [0.2, 0.25) is 0 Å². The van der Waals surface area contributed by atoms with Crippen LogP contribution < -0.4 is 5.69 Å². The van der Waals surface area contributed by atoms with Crippen LogP contribution in [0.15, 0.2) is 71.0 Å². The molecule has 0 spiro atoms. The number of nitrogens with zero attached hydrogens (tertiary/aromatic N) is 3. The number of piperidine rings is 1. The van der Waals surface area contributed by atoms with Crippen LogP contribution in [0.1, 0.15) is 45.1 Å². The first-order chi connectivity index (χ1) is 16.5. The standard InChI is InChI=1S/C28H36ClN3O2/c1-4-22(20-31-16-17-32(28(31)33)27-11-6-21(3)18-26(27)29)9-10-24(5-2)34-25-12-14-30(15-13-25)19-23-7-8-23/h4-6,9-11,16-18,23,25H,7-8,12-15,19-20H2,1-3H3/b10-9-,22-4+,24-5+. The van der Waals surface area contributed by atoms with Crippen LogP contribution in [0.2, 0.25) is 5.02 Å². The Bertz CT molecular complexity index is 1130. The van der Waals surface area contributed by atoms with E-state index in [1.165, 1.54) is 19.4 Å². The van der Waals surface area contributed by atoms with Crippen LogP contribution in [0, 0.1) is 12.8 Å². The van der Waals surface area contributed by atoms with Crippen molar-refractivity contribution in [2.24, 2.45) is 5.92 Å². The van der Waals surface area contributed by atoms with Crippen molar-refractivity contribution in [3.8, 4) is 5.69 Å². The molecule has 1 aromatic carbocycles. The fourth-order valence-electron chi connectivity index (χ4n) is 4.42. The van der Waals surface area contributed by atoms with Gasteiger partial charge >= 0.3 is 5.69 Å². The van der Waals surface area contributed by atoms with Gasteiger partial charge in [-0.2, -0.15) is 0 Å². The Balaban J connectivity index is 1.35. The summed E-state index contributed by atoms with van der Waals surface area (Å²) >= 11 is 6.38. The maximum atomic E-state index is 13.0. The first-order valence-corrected chi connectivity index (χ1v) is 12.8. The second kappa shape index (κ2) is 11.3. The number of imidazole rings is 1. The predicted molar refractivity (Wildman–Crippen MR) is 140 cm³/mol. The second-order valence-electron chi connectivity index (χ2n) is 9.48. The lowest BCUT2D eigenvalue weighted by Gasteiger charge is -2.32. The fraction of sp³-hybridized carbons (Fsp3) is 0.464. The SMILES string of the molecule is C\C=C(/C=C\C(=C/C)OC1CCN(CC2CC2)CC1)Cn1ccn(-c2ccc(C)cc2Cl)c1=O. The summed E-state index contributed by atoms with van der Waals surface area (Å²) in [7, 11) is 0. The van der Waals surface area contributed by atoms with E-state index in [1.54, 1.807) is 21.5 Å². The van der Waals surface area contributed by atoms with Gasteiger partial charge in [0.15, 0.2) is 0 Å². The number of rotatable bonds is 9. The van der Waals surface area contributed by atoms with Crippen molar-refractivity contribution in [3.63, 3.8) is 0 Å². The van der Waals surface area contributed by atoms with E-state index < -0.39 is 0 Å². The Labute approximate surface area is 208 Å². The molecule has 4 rings (SSSR count). The smallest absolute Gasteiger partial charge is 0.333 e. The molecule has 6 heteroatoms. The van der Waals surface area contributed by atoms with Crippen molar-refractivity contribution in [1.82, 2.24) is 14.0 Å². The lowest BCUT2D eigenvalue weighted by molar-refractivity contribution is 0.0540. The Hall–Kier alpha value is -2.50. The highest BCUT2D eigenvalue weighted by atomic mass is 35.5. The summed E-state index contributed by atoms with van der Waals surface area (Å²) in [4.78, 5) is 15.6. The molecule has 182 valence electrons. The molecule has 0 amide bonds. The van der Waals surface area contributed by atoms with E-state index in [9.17, 15) is 4.79 Å². The van der Waals surface area contributed by atoms with Crippen LogP contribution in [-0.4, -0.2) is 39.8 Å². The third-order valence-corrected chi connectivity index (χ3v) is 7.03. The lowest BCUT2D eigenvalue weighted by Crippen LogP contribution is -2.38. The molecule has 1 saturated carbocycles. The molecule has 0 N–H and O–H groups in total. The highest BCUT2D eigenvalue weighted by Gasteiger charge is 2.27. The summed E-state index contributed by atoms with van der Waals surface area (Å²) in [6.45, 7) is 10.00. The van der Waals surface area contributed by atoms with Crippen molar-refractivity contribution in [2.75, 3.05) is 19.6 Å². The van der Waals surface area contributed by atoms with E-state index in [1.807, 2.05) is 63.3 Å². The Morgan fingerprint density at radius 3 is 2.50 bits per heavy atom. The zero-order chi connectivity index (χ0) is 24.1. The number of benzene rings is 1. The van der Waals surface area contributed by atoms with E-state index in [-0.39, 0.29) is 11.8 Å². The summed E-state index contributed by atoms with van der Waals surface area (Å²) in [6, 6.07) is 5.71. The number of ether oxygens (including phenoxy) is 1. The van der Waals surface area contributed by atoms with Crippen molar-refractivity contribution in [1.29, 1.82) is 0 Å². The van der Waals surface area contributed by atoms with Gasteiger partial charge in [0.1, 0.15) is 11.9 Å². The van der Waals surface area contributed by atoms with Gasteiger partial charge in [-0.25, -0.2) is 4.79 Å². The number of likely N-dealkylation sites (tertiary alicyclic amines) is 1. The summed E-state index contributed by atoms with van der Waals surface area (Å²) < 4.78 is 9.58. The number of aryl methyl sites for hydroxylation is 1. The Morgan fingerprint density at radius 1 is 1.09 bits per heavy atom. The number of allylic oxidation sites excluding steroid dienone is 5. The Kier molecular flexibility index (Phi) is 8.17. The van der Waals surface area contributed by atoms with E-state index in [0.717, 1.165) is 48.7 Å². The molecule has 0 bridgehead atoms. The van der Waals surface area contributed by atoms with Gasteiger partial charge < -0.3 is 9.64 Å². The average molecular weight is 482 g/mol. The minimum Gasteiger partial charge on any atom is -0.491 e. The highest BCUT2D eigenvalue weighted by Crippen LogP contribution is 2.31. The molecule has 2 heterocycles. The molecule has 1 aliphatic heterocycles. The monoisotopic (exact) mass is 481 g/mol. The number of hydrogen-bond acceptors (Lipinski definition) is 3. The van der Waals surface area contributed by atoms with Crippen LogP contribution in [0.4, 0.5) is 0 Å². The van der Waals surface area contributed by atoms with Crippen molar-refractivity contribution in [3.05, 3.63) is 87.3 Å².